The van der Waals surface area contributed by atoms with Gasteiger partial charge in [-0.3, -0.25) is 9.48 Å². The van der Waals surface area contributed by atoms with Crippen LogP contribution in [0.2, 0.25) is 0 Å². The number of aromatic nitrogens is 4. The summed E-state index contributed by atoms with van der Waals surface area (Å²) in [6.45, 7) is 1.17. The number of carbonyl (C=O) groups is 1. The van der Waals surface area contributed by atoms with Gasteiger partial charge in [0.05, 0.1) is 37.4 Å². The molecule has 0 spiro atoms. The standard InChI is InChI=1S/C11H14N6O2/c1-19-3-2-17-7-8(4-15-17)16-11(18)9-5-14-10(12)6-13-9/h4-7H,2-3H2,1H3,(H2,12,14)(H,16,18). The van der Waals surface area contributed by atoms with E-state index in [1.165, 1.54) is 12.4 Å². The molecule has 0 aliphatic carbocycles. The van der Waals surface area contributed by atoms with E-state index >= 15 is 0 Å². The molecule has 0 bridgehead atoms. The van der Waals surface area contributed by atoms with Crippen LogP contribution in [0.1, 0.15) is 10.5 Å². The molecule has 1 amide bonds. The summed E-state index contributed by atoms with van der Waals surface area (Å²) < 4.78 is 6.61. The number of anilines is 2. The van der Waals surface area contributed by atoms with E-state index < -0.39 is 0 Å². The molecule has 2 aromatic rings. The van der Waals surface area contributed by atoms with Gasteiger partial charge in [0.15, 0.2) is 0 Å². The van der Waals surface area contributed by atoms with Crippen molar-refractivity contribution in [1.29, 1.82) is 0 Å². The van der Waals surface area contributed by atoms with Gasteiger partial charge in [-0.05, 0) is 0 Å². The average Bonchev–Trinajstić information content (AvgIpc) is 2.84. The lowest BCUT2D eigenvalue weighted by Gasteiger charge is -2.01. The predicted molar refractivity (Wildman–Crippen MR) is 68.5 cm³/mol. The molecule has 0 saturated heterocycles. The minimum absolute atomic E-state index is 0.193. The van der Waals surface area contributed by atoms with Gasteiger partial charge in [-0.2, -0.15) is 5.10 Å². The van der Waals surface area contributed by atoms with Crippen LogP contribution in [0.5, 0.6) is 0 Å². The lowest BCUT2D eigenvalue weighted by molar-refractivity contribution is 0.102. The largest absolute Gasteiger partial charge is 0.383 e. The van der Waals surface area contributed by atoms with Crippen LogP contribution in [-0.4, -0.2) is 39.4 Å². The SMILES string of the molecule is COCCn1cc(NC(=O)c2cnc(N)cn2)cn1. The smallest absolute Gasteiger partial charge is 0.275 e. The zero-order valence-electron chi connectivity index (χ0n) is 10.4. The van der Waals surface area contributed by atoms with Crippen LogP contribution in [-0.2, 0) is 11.3 Å². The summed E-state index contributed by atoms with van der Waals surface area (Å²) >= 11 is 0. The second kappa shape index (κ2) is 5.91. The van der Waals surface area contributed by atoms with Gasteiger partial charge in [0.25, 0.3) is 5.91 Å². The fourth-order valence-electron chi connectivity index (χ4n) is 1.39. The molecule has 0 saturated carbocycles. The van der Waals surface area contributed by atoms with Crippen molar-refractivity contribution in [1.82, 2.24) is 19.7 Å². The first-order chi connectivity index (χ1) is 9.19. The summed E-state index contributed by atoms with van der Waals surface area (Å²) in [6, 6.07) is 0. The van der Waals surface area contributed by atoms with Gasteiger partial charge in [-0.25, -0.2) is 9.97 Å². The second-order valence-corrected chi connectivity index (χ2v) is 3.77. The van der Waals surface area contributed by atoms with Crippen LogP contribution >= 0.6 is 0 Å². The Balaban J connectivity index is 1.98. The molecule has 19 heavy (non-hydrogen) atoms. The van der Waals surface area contributed by atoms with E-state index in [1.807, 2.05) is 0 Å². The fourth-order valence-corrected chi connectivity index (χ4v) is 1.39. The summed E-state index contributed by atoms with van der Waals surface area (Å²) in [5, 5.41) is 6.75. The number of nitrogens with zero attached hydrogens (tertiary/aromatic N) is 4. The van der Waals surface area contributed by atoms with Gasteiger partial charge in [0, 0.05) is 13.3 Å². The van der Waals surface area contributed by atoms with Crippen molar-refractivity contribution in [3.8, 4) is 0 Å². The topological polar surface area (TPSA) is 108 Å². The Morgan fingerprint density at radius 2 is 2.26 bits per heavy atom. The second-order valence-electron chi connectivity index (χ2n) is 3.77. The number of rotatable bonds is 5. The van der Waals surface area contributed by atoms with E-state index in [0.717, 1.165) is 0 Å². The van der Waals surface area contributed by atoms with Crippen molar-refractivity contribution in [2.75, 3.05) is 24.8 Å². The molecule has 0 aliphatic heterocycles. The molecular formula is C11H14N6O2. The van der Waals surface area contributed by atoms with Crippen molar-refractivity contribution in [3.05, 3.63) is 30.5 Å². The highest BCUT2D eigenvalue weighted by Gasteiger charge is 2.09. The molecule has 0 unspecified atom stereocenters. The molecule has 100 valence electrons. The summed E-state index contributed by atoms with van der Waals surface area (Å²) in [5.74, 6) is -0.0947. The number of nitrogens with two attached hydrogens (primary N) is 1. The highest BCUT2D eigenvalue weighted by Crippen LogP contribution is 2.07. The quantitative estimate of drug-likeness (QED) is 0.794. The minimum Gasteiger partial charge on any atom is -0.383 e. The van der Waals surface area contributed by atoms with Crippen LogP contribution in [0.25, 0.3) is 0 Å². The number of nitrogens with one attached hydrogen (secondary N) is 1. The highest BCUT2D eigenvalue weighted by molar-refractivity contribution is 6.02. The van der Waals surface area contributed by atoms with Crippen LogP contribution < -0.4 is 11.1 Å². The summed E-state index contributed by atoms with van der Waals surface area (Å²) in [5.41, 5.74) is 6.18. The third-order valence-electron chi connectivity index (χ3n) is 2.32. The Labute approximate surface area is 109 Å². The maximum Gasteiger partial charge on any atom is 0.275 e. The molecular weight excluding hydrogens is 248 g/mol. The molecule has 0 radical (unpaired) electrons. The number of amides is 1. The molecule has 2 aromatic heterocycles. The summed E-state index contributed by atoms with van der Waals surface area (Å²) in [6.07, 6.45) is 5.91. The highest BCUT2D eigenvalue weighted by atomic mass is 16.5. The van der Waals surface area contributed by atoms with E-state index in [2.05, 4.69) is 20.4 Å². The minimum atomic E-state index is -0.362. The monoisotopic (exact) mass is 262 g/mol. The predicted octanol–water partition coefficient (Wildman–Crippen LogP) is 0.154. The zero-order chi connectivity index (χ0) is 13.7. The molecule has 0 aliphatic rings. The Bertz CT molecular complexity index is 551. The van der Waals surface area contributed by atoms with E-state index in [4.69, 9.17) is 10.5 Å². The van der Waals surface area contributed by atoms with E-state index in [9.17, 15) is 4.79 Å². The number of hydrogen-bond donors (Lipinski definition) is 2. The number of nitrogen functional groups attached to an aromatic ring is 1. The van der Waals surface area contributed by atoms with Crippen molar-refractivity contribution in [2.24, 2.45) is 0 Å². The lowest BCUT2D eigenvalue weighted by Crippen LogP contribution is -2.14. The van der Waals surface area contributed by atoms with Gasteiger partial charge in [0.1, 0.15) is 11.5 Å². The molecule has 8 heteroatoms. The van der Waals surface area contributed by atoms with Gasteiger partial charge in [-0.1, -0.05) is 0 Å². The van der Waals surface area contributed by atoms with Crippen molar-refractivity contribution in [3.63, 3.8) is 0 Å². The Morgan fingerprint density at radius 1 is 1.42 bits per heavy atom. The molecule has 2 rings (SSSR count). The summed E-state index contributed by atoms with van der Waals surface area (Å²) in [4.78, 5) is 19.5. The zero-order valence-corrected chi connectivity index (χ0v) is 10.4. The number of ether oxygens (including phenoxy) is 1. The number of methoxy groups -OCH3 is 1. The van der Waals surface area contributed by atoms with Crippen molar-refractivity contribution in [2.45, 2.75) is 6.54 Å². The lowest BCUT2D eigenvalue weighted by atomic mass is 10.4. The molecule has 0 fully saturated rings. The fraction of sp³-hybridized carbons (Fsp3) is 0.273. The number of carbonyl (C=O) groups excluding carboxylic acids is 1. The Hall–Kier alpha value is -2.48. The normalized spacial score (nSPS) is 10.4. The van der Waals surface area contributed by atoms with Crippen molar-refractivity contribution < 1.29 is 9.53 Å². The van der Waals surface area contributed by atoms with Gasteiger partial charge >= 0.3 is 0 Å². The molecule has 2 heterocycles. The van der Waals surface area contributed by atoms with Crippen LogP contribution in [0, 0.1) is 0 Å². The van der Waals surface area contributed by atoms with Gasteiger partial charge in [-0.15, -0.1) is 0 Å². The first-order valence-corrected chi connectivity index (χ1v) is 5.59. The average molecular weight is 262 g/mol. The van der Waals surface area contributed by atoms with Crippen LogP contribution in [0.15, 0.2) is 24.8 Å². The Kier molecular flexibility index (Phi) is 4.04. The van der Waals surface area contributed by atoms with E-state index in [-0.39, 0.29) is 17.4 Å². The first-order valence-electron chi connectivity index (χ1n) is 5.59. The molecule has 3 N–H and O–H groups in total. The van der Waals surface area contributed by atoms with Gasteiger partial charge in [0.2, 0.25) is 0 Å². The summed E-state index contributed by atoms with van der Waals surface area (Å²) in [7, 11) is 1.62. The number of hydrogen-bond acceptors (Lipinski definition) is 6. The molecule has 0 atom stereocenters. The molecule has 8 nitrogen and oxygen atoms in total. The van der Waals surface area contributed by atoms with E-state index in [0.29, 0.717) is 18.8 Å². The van der Waals surface area contributed by atoms with Crippen LogP contribution in [0.4, 0.5) is 11.5 Å². The first kappa shape index (κ1) is 13.0. The maximum atomic E-state index is 11.8. The third kappa shape index (κ3) is 3.49. The molecule has 0 aromatic carbocycles. The van der Waals surface area contributed by atoms with Crippen LogP contribution in [0.3, 0.4) is 0 Å². The maximum absolute atomic E-state index is 11.8. The van der Waals surface area contributed by atoms with Crippen molar-refractivity contribution >= 4 is 17.4 Å². The third-order valence-corrected chi connectivity index (χ3v) is 2.32. The Morgan fingerprint density at radius 3 is 2.95 bits per heavy atom. The van der Waals surface area contributed by atoms with E-state index in [1.54, 1.807) is 24.2 Å². The van der Waals surface area contributed by atoms with Gasteiger partial charge < -0.3 is 15.8 Å².